The van der Waals surface area contributed by atoms with E-state index < -0.39 is 0 Å². The van der Waals surface area contributed by atoms with Crippen molar-refractivity contribution in [3.8, 4) is 0 Å². The summed E-state index contributed by atoms with van der Waals surface area (Å²) >= 11 is 7.07. The summed E-state index contributed by atoms with van der Waals surface area (Å²) in [5.74, 6) is 0.952. The Labute approximate surface area is 136 Å². The van der Waals surface area contributed by atoms with Crippen molar-refractivity contribution in [3.63, 3.8) is 0 Å². The van der Waals surface area contributed by atoms with Gasteiger partial charge in [0.05, 0.1) is 11.9 Å². The van der Waals surface area contributed by atoms with Gasteiger partial charge in [0.15, 0.2) is 0 Å². The number of nitrogens with zero attached hydrogens (tertiary/aromatic N) is 2. The molecule has 1 aromatic heterocycles. The van der Waals surface area contributed by atoms with Crippen LogP contribution in [0.2, 0.25) is 0 Å². The number of hydrogen-bond acceptors (Lipinski definition) is 3. The Morgan fingerprint density at radius 2 is 1.90 bits per heavy atom. The lowest BCUT2D eigenvalue weighted by molar-refractivity contribution is 0.876. The summed E-state index contributed by atoms with van der Waals surface area (Å²) in [7, 11) is 3.97. The summed E-state index contributed by atoms with van der Waals surface area (Å²) < 4.78 is 2.15. The molecule has 106 valence electrons. The van der Waals surface area contributed by atoms with Crippen LogP contribution < -0.4 is 10.2 Å². The summed E-state index contributed by atoms with van der Waals surface area (Å²) in [5.41, 5.74) is 2.22. The van der Waals surface area contributed by atoms with Crippen molar-refractivity contribution in [1.82, 2.24) is 4.98 Å². The number of anilines is 2. The average molecular weight is 399 g/mol. The van der Waals surface area contributed by atoms with Gasteiger partial charge in [-0.3, -0.25) is 0 Å². The van der Waals surface area contributed by atoms with Crippen LogP contribution in [-0.4, -0.2) is 19.1 Å². The Bertz CT molecular complexity index is 582. The molecule has 0 amide bonds. The number of halogens is 2. The highest BCUT2D eigenvalue weighted by atomic mass is 79.9. The van der Waals surface area contributed by atoms with Crippen molar-refractivity contribution in [2.75, 3.05) is 24.3 Å². The van der Waals surface area contributed by atoms with Crippen LogP contribution in [0.25, 0.3) is 0 Å². The highest BCUT2D eigenvalue weighted by Gasteiger charge is 2.10. The minimum Gasteiger partial charge on any atom is -0.377 e. The molecule has 2 rings (SSSR count). The van der Waals surface area contributed by atoms with Gasteiger partial charge in [0.25, 0.3) is 0 Å². The summed E-state index contributed by atoms with van der Waals surface area (Å²) in [4.78, 5) is 6.39. The van der Waals surface area contributed by atoms with E-state index in [0.29, 0.717) is 0 Å². The second kappa shape index (κ2) is 6.59. The predicted octanol–water partition coefficient (Wildman–Crippen LogP) is 4.85. The van der Waals surface area contributed by atoms with Crippen LogP contribution in [0, 0.1) is 0 Å². The molecule has 0 fully saturated rings. The van der Waals surface area contributed by atoms with E-state index in [9.17, 15) is 0 Å². The Kier molecular flexibility index (Phi) is 5.05. The Balaban J connectivity index is 2.12. The molecule has 3 nitrogen and oxygen atoms in total. The molecule has 5 heteroatoms. The zero-order valence-electron chi connectivity index (χ0n) is 11.7. The fourth-order valence-electron chi connectivity index (χ4n) is 1.92. The van der Waals surface area contributed by atoms with Gasteiger partial charge in [-0.25, -0.2) is 4.98 Å². The Hall–Kier alpha value is -1.07. The maximum absolute atomic E-state index is 4.41. The zero-order valence-corrected chi connectivity index (χ0v) is 14.9. The van der Waals surface area contributed by atoms with Crippen LogP contribution in [0.5, 0.6) is 0 Å². The van der Waals surface area contributed by atoms with Crippen LogP contribution in [-0.2, 0) is 0 Å². The predicted molar refractivity (Wildman–Crippen MR) is 92.4 cm³/mol. The number of rotatable bonds is 4. The molecule has 0 saturated carbocycles. The first-order valence-corrected chi connectivity index (χ1v) is 7.91. The minimum absolute atomic E-state index is 0.199. The van der Waals surface area contributed by atoms with Gasteiger partial charge in [0.2, 0.25) is 0 Å². The average Bonchev–Trinajstić information content (AvgIpc) is 2.39. The van der Waals surface area contributed by atoms with Gasteiger partial charge < -0.3 is 10.2 Å². The van der Waals surface area contributed by atoms with E-state index in [1.165, 1.54) is 5.56 Å². The Morgan fingerprint density at radius 1 is 1.15 bits per heavy atom. The van der Waals surface area contributed by atoms with E-state index in [1.807, 2.05) is 43.4 Å². The SMILES string of the molecule is CC(Nc1ccc(N(C)C)nc1)c1ccc(Br)cc1Br. The summed E-state index contributed by atoms with van der Waals surface area (Å²) in [6.07, 6.45) is 1.86. The molecular weight excluding hydrogens is 382 g/mol. The molecule has 1 heterocycles. The van der Waals surface area contributed by atoms with E-state index >= 15 is 0 Å². The number of pyridine rings is 1. The highest BCUT2D eigenvalue weighted by Crippen LogP contribution is 2.29. The van der Waals surface area contributed by atoms with Gasteiger partial charge in [-0.2, -0.15) is 0 Å². The zero-order chi connectivity index (χ0) is 14.7. The molecule has 0 bridgehead atoms. The smallest absolute Gasteiger partial charge is 0.128 e. The number of hydrogen-bond donors (Lipinski definition) is 1. The molecule has 0 saturated heterocycles. The lowest BCUT2D eigenvalue weighted by Gasteiger charge is -2.18. The minimum atomic E-state index is 0.199. The molecule has 1 unspecified atom stereocenters. The van der Waals surface area contributed by atoms with Gasteiger partial charge in [0.1, 0.15) is 5.82 Å². The molecule has 1 atom stereocenters. The molecule has 0 radical (unpaired) electrons. The van der Waals surface area contributed by atoms with E-state index in [4.69, 9.17) is 0 Å². The van der Waals surface area contributed by atoms with Crippen LogP contribution in [0.15, 0.2) is 45.5 Å². The maximum Gasteiger partial charge on any atom is 0.128 e. The van der Waals surface area contributed by atoms with Crippen molar-refractivity contribution < 1.29 is 0 Å². The topological polar surface area (TPSA) is 28.2 Å². The molecule has 0 aliphatic rings. The normalized spacial score (nSPS) is 12.1. The van der Waals surface area contributed by atoms with Gasteiger partial charge in [-0.05, 0) is 36.8 Å². The summed E-state index contributed by atoms with van der Waals surface area (Å²) in [6.45, 7) is 2.13. The molecule has 1 aromatic carbocycles. The highest BCUT2D eigenvalue weighted by molar-refractivity contribution is 9.11. The third kappa shape index (κ3) is 3.73. The van der Waals surface area contributed by atoms with Crippen molar-refractivity contribution in [1.29, 1.82) is 0 Å². The van der Waals surface area contributed by atoms with E-state index in [2.05, 4.69) is 61.2 Å². The van der Waals surface area contributed by atoms with Gasteiger partial charge in [-0.15, -0.1) is 0 Å². The molecule has 0 aliphatic heterocycles. The standard InChI is InChI=1S/C15H17Br2N3/c1-10(13-6-4-11(16)8-14(13)17)19-12-5-7-15(18-9-12)20(2)3/h4-10,19H,1-3H3. The molecule has 2 aromatic rings. The number of nitrogens with one attached hydrogen (secondary N) is 1. The van der Waals surface area contributed by atoms with Gasteiger partial charge in [-0.1, -0.05) is 37.9 Å². The van der Waals surface area contributed by atoms with Crippen LogP contribution in [0.3, 0.4) is 0 Å². The first-order chi connectivity index (χ1) is 9.47. The molecule has 1 N–H and O–H groups in total. The number of benzene rings is 1. The van der Waals surface area contributed by atoms with Crippen molar-refractivity contribution in [3.05, 3.63) is 51.0 Å². The molecule has 0 spiro atoms. The third-order valence-corrected chi connectivity index (χ3v) is 4.20. The van der Waals surface area contributed by atoms with Crippen LogP contribution >= 0.6 is 31.9 Å². The van der Waals surface area contributed by atoms with E-state index in [0.717, 1.165) is 20.5 Å². The first-order valence-electron chi connectivity index (χ1n) is 6.32. The first kappa shape index (κ1) is 15.3. The lowest BCUT2D eigenvalue weighted by Crippen LogP contribution is -2.11. The third-order valence-electron chi connectivity index (χ3n) is 3.02. The van der Waals surface area contributed by atoms with Crippen molar-refractivity contribution >= 4 is 43.4 Å². The van der Waals surface area contributed by atoms with Crippen LogP contribution in [0.1, 0.15) is 18.5 Å². The molecule has 0 aliphatic carbocycles. The number of aromatic nitrogens is 1. The summed E-state index contributed by atoms with van der Waals surface area (Å²) in [5, 5.41) is 3.46. The second-order valence-corrected chi connectivity index (χ2v) is 6.60. The lowest BCUT2D eigenvalue weighted by atomic mass is 10.1. The quantitative estimate of drug-likeness (QED) is 0.798. The van der Waals surface area contributed by atoms with Crippen molar-refractivity contribution in [2.24, 2.45) is 0 Å². The summed E-state index contributed by atoms with van der Waals surface area (Å²) in [6, 6.07) is 10.5. The maximum atomic E-state index is 4.41. The largest absolute Gasteiger partial charge is 0.377 e. The second-order valence-electron chi connectivity index (χ2n) is 4.83. The van der Waals surface area contributed by atoms with E-state index in [-0.39, 0.29) is 6.04 Å². The molecular formula is C15H17Br2N3. The molecule has 20 heavy (non-hydrogen) atoms. The van der Waals surface area contributed by atoms with E-state index in [1.54, 1.807) is 0 Å². The Morgan fingerprint density at radius 3 is 2.45 bits per heavy atom. The van der Waals surface area contributed by atoms with Gasteiger partial charge in [0, 0.05) is 29.1 Å². The van der Waals surface area contributed by atoms with Crippen molar-refractivity contribution in [2.45, 2.75) is 13.0 Å². The van der Waals surface area contributed by atoms with Crippen LogP contribution in [0.4, 0.5) is 11.5 Å². The van der Waals surface area contributed by atoms with Gasteiger partial charge >= 0.3 is 0 Å². The fourth-order valence-corrected chi connectivity index (χ4v) is 3.31. The monoisotopic (exact) mass is 397 g/mol. The fraction of sp³-hybridized carbons (Fsp3) is 0.267.